The lowest BCUT2D eigenvalue weighted by Crippen LogP contribution is -2.31. The Bertz CT molecular complexity index is 705. The zero-order chi connectivity index (χ0) is 15.7. The van der Waals surface area contributed by atoms with Gasteiger partial charge in [0, 0.05) is 6.04 Å². The van der Waals surface area contributed by atoms with Crippen molar-refractivity contribution in [3.63, 3.8) is 0 Å². The van der Waals surface area contributed by atoms with Crippen molar-refractivity contribution in [3.05, 3.63) is 47.0 Å². The lowest BCUT2D eigenvalue weighted by atomic mass is 9.90. The van der Waals surface area contributed by atoms with Gasteiger partial charge >= 0.3 is 0 Å². The summed E-state index contributed by atoms with van der Waals surface area (Å²) in [6, 6.07) is 8.51. The van der Waals surface area contributed by atoms with Crippen LogP contribution in [-0.4, -0.2) is 29.0 Å². The first-order chi connectivity index (χ1) is 10.6. The number of phenolic OH excluding ortho intramolecular Hbond substituents is 3. The number of halogens is 1. The van der Waals surface area contributed by atoms with E-state index in [0.29, 0.717) is 12.2 Å². The maximum absolute atomic E-state index is 10.0. The fraction of sp³-hybridized carbons (Fsp3) is 0.294. The summed E-state index contributed by atoms with van der Waals surface area (Å²) in [5.74, 6) is 0.374. The quantitative estimate of drug-likeness (QED) is 0.647. The summed E-state index contributed by atoms with van der Waals surface area (Å²) < 4.78 is 5.16. The third-order valence-corrected chi connectivity index (χ3v) is 4.08. The molecule has 0 spiro atoms. The number of ether oxygens (including phenoxy) is 1. The Labute approximate surface area is 141 Å². The second-order valence-corrected chi connectivity index (χ2v) is 5.51. The average molecular weight is 338 g/mol. The van der Waals surface area contributed by atoms with Crippen LogP contribution in [-0.2, 0) is 12.8 Å². The molecule has 0 radical (unpaired) electrons. The van der Waals surface area contributed by atoms with Crippen molar-refractivity contribution in [2.24, 2.45) is 0 Å². The van der Waals surface area contributed by atoms with Gasteiger partial charge in [-0.05, 0) is 60.3 Å². The van der Waals surface area contributed by atoms with Crippen LogP contribution >= 0.6 is 12.4 Å². The maximum Gasteiger partial charge on any atom is 0.160 e. The minimum absolute atomic E-state index is 0. The van der Waals surface area contributed by atoms with Crippen LogP contribution in [0.15, 0.2) is 30.3 Å². The number of methoxy groups -OCH3 is 1. The maximum atomic E-state index is 10.0. The summed E-state index contributed by atoms with van der Waals surface area (Å²) in [7, 11) is 1.54. The van der Waals surface area contributed by atoms with Crippen molar-refractivity contribution in [1.29, 1.82) is 0 Å². The topological polar surface area (TPSA) is 82.0 Å². The molecule has 0 aliphatic carbocycles. The molecule has 0 saturated heterocycles. The molecule has 0 amide bonds. The van der Waals surface area contributed by atoms with E-state index in [1.54, 1.807) is 25.3 Å². The van der Waals surface area contributed by atoms with Gasteiger partial charge in [-0.2, -0.15) is 0 Å². The SMILES string of the molecule is COc1cc2c(cc1O)C(Cc1ccc(O)c(O)c1)NCC2.Cl. The number of benzene rings is 2. The summed E-state index contributed by atoms with van der Waals surface area (Å²) >= 11 is 0. The molecular formula is C17H20ClNO4. The summed E-state index contributed by atoms with van der Waals surface area (Å²) in [6.07, 6.45) is 1.54. The molecule has 0 fully saturated rings. The normalized spacial score (nSPS) is 16.3. The molecule has 1 heterocycles. The number of hydrogen-bond donors (Lipinski definition) is 4. The third-order valence-electron chi connectivity index (χ3n) is 4.08. The van der Waals surface area contributed by atoms with E-state index in [1.165, 1.54) is 6.07 Å². The van der Waals surface area contributed by atoms with Crippen molar-refractivity contribution < 1.29 is 20.1 Å². The zero-order valence-electron chi connectivity index (χ0n) is 12.7. The fourth-order valence-electron chi connectivity index (χ4n) is 2.94. The molecule has 3 rings (SSSR count). The number of rotatable bonds is 3. The molecule has 4 N–H and O–H groups in total. The first-order valence-corrected chi connectivity index (χ1v) is 7.22. The van der Waals surface area contributed by atoms with E-state index < -0.39 is 0 Å². The van der Waals surface area contributed by atoms with Crippen LogP contribution in [0.4, 0.5) is 0 Å². The van der Waals surface area contributed by atoms with Gasteiger partial charge in [-0.25, -0.2) is 0 Å². The monoisotopic (exact) mass is 337 g/mol. The van der Waals surface area contributed by atoms with Crippen LogP contribution < -0.4 is 10.1 Å². The van der Waals surface area contributed by atoms with Gasteiger partial charge in [0.25, 0.3) is 0 Å². The molecule has 0 bridgehead atoms. The molecule has 6 heteroatoms. The smallest absolute Gasteiger partial charge is 0.160 e. The highest BCUT2D eigenvalue weighted by Crippen LogP contribution is 2.36. The molecule has 1 aliphatic heterocycles. The van der Waals surface area contributed by atoms with Crippen molar-refractivity contribution in [2.45, 2.75) is 18.9 Å². The molecule has 1 atom stereocenters. The largest absolute Gasteiger partial charge is 0.504 e. The molecule has 0 saturated carbocycles. The highest BCUT2D eigenvalue weighted by Gasteiger charge is 2.22. The molecule has 1 aliphatic rings. The van der Waals surface area contributed by atoms with Crippen molar-refractivity contribution in [1.82, 2.24) is 5.32 Å². The minimum Gasteiger partial charge on any atom is -0.504 e. The van der Waals surface area contributed by atoms with Gasteiger partial charge in [0.05, 0.1) is 7.11 Å². The number of nitrogens with one attached hydrogen (secondary N) is 1. The van der Waals surface area contributed by atoms with E-state index in [4.69, 9.17) is 4.74 Å². The number of fused-ring (bicyclic) bond motifs is 1. The zero-order valence-corrected chi connectivity index (χ0v) is 13.6. The lowest BCUT2D eigenvalue weighted by Gasteiger charge is -2.28. The van der Waals surface area contributed by atoms with E-state index in [1.807, 2.05) is 6.07 Å². The van der Waals surface area contributed by atoms with Crippen LogP contribution in [0.25, 0.3) is 0 Å². The molecule has 124 valence electrons. The highest BCUT2D eigenvalue weighted by atomic mass is 35.5. The molecule has 2 aromatic carbocycles. The Balaban J connectivity index is 0.00000192. The average Bonchev–Trinajstić information content (AvgIpc) is 2.51. The Morgan fingerprint density at radius 3 is 2.57 bits per heavy atom. The lowest BCUT2D eigenvalue weighted by molar-refractivity contribution is 0.370. The highest BCUT2D eigenvalue weighted by molar-refractivity contribution is 5.85. The first-order valence-electron chi connectivity index (χ1n) is 7.22. The summed E-state index contributed by atoms with van der Waals surface area (Å²) in [6.45, 7) is 0.843. The predicted molar refractivity (Wildman–Crippen MR) is 89.8 cm³/mol. The van der Waals surface area contributed by atoms with Crippen LogP contribution in [0.5, 0.6) is 23.0 Å². The third kappa shape index (κ3) is 3.46. The van der Waals surface area contributed by atoms with Gasteiger partial charge in [-0.3, -0.25) is 0 Å². The van der Waals surface area contributed by atoms with E-state index >= 15 is 0 Å². The fourth-order valence-corrected chi connectivity index (χ4v) is 2.94. The van der Waals surface area contributed by atoms with E-state index in [9.17, 15) is 15.3 Å². The number of aromatic hydroxyl groups is 3. The van der Waals surface area contributed by atoms with Gasteiger partial charge in [0.1, 0.15) is 0 Å². The van der Waals surface area contributed by atoms with E-state index in [-0.39, 0.29) is 35.7 Å². The summed E-state index contributed by atoms with van der Waals surface area (Å²) in [5.41, 5.74) is 3.11. The summed E-state index contributed by atoms with van der Waals surface area (Å²) in [5, 5.41) is 32.4. The molecule has 0 aromatic heterocycles. The minimum atomic E-state index is -0.122. The number of phenols is 3. The second-order valence-electron chi connectivity index (χ2n) is 5.51. The standard InChI is InChI=1S/C17H19NO4.ClH/c1-22-17-8-11-4-5-18-13(12(11)9-16(17)21)6-10-2-3-14(19)15(20)7-10;/h2-3,7-9,13,18-21H,4-6H2,1H3;1H. The Kier molecular flexibility index (Phi) is 5.23. The molecule has 2 aromatic rings. The van der Waals surface area contributed by atoms with Crippen LogP contribution in [0.1, 0.15) is 22.7 Å². The van der Waals surface area contributed by atoms with Gasteiger partial charge in [-0.1, -0.05) is 6.07 Å². The molecular weight excluding hydrogens is 318 g/mol. The Hall–Kier alpha value is -2.11. The second kappa shape index (κ2) is 6.98. The molecule has 5 nitrogen and oxygen atoms in total. The predicted octanol–water partition coefficient (Wildman–Crippen LogP) is 2.66. The Morgan fingerprint density at radius 1 is 1.09 bits per heavy atom. The van der Waals surface area contributed by atoms with Gasteiger partial charge < -0.3 is 25.4 Å². The van der Waals surface area contributed by atoms with E-state index in [0.717, 1.165) is 29.7 Å². The van der Waals surface area contributed by atoms with Crippen molar-refractivity contribution in [2.75, 3.05) is 13.7 Å². The van der Waals surface area contributed by atoms with Crippen LogP contribution in [0.3, 0.4) is 0 Å². The van der Waals surface area contributed by atoms with Gasteiger partial charge in [-0.15, -0.1) is 12.4 Å². The van der Waals surface area contributed by atoms with Crippen LogP contribution in [0, 0.1) is 0 Å². The molecule has 23 heavy (non-hydrogen) atoms. The van der Waals surface area contributed by atoms with Gasteiger partial charge in [0.15, 0.2) is 23.0 Å². The summed E-state index contributed by atoms with van der Waals surface area (Å²) in [4.78, 5) is 0. The van der Waals surface area contributed by atoms with E-state index in [2.05, 4.69) is 5.32 Å². The van der Waals surface area contributed by atoms with Crippen LogP contribution in [0.2, 0.25) is 0 Å². The van der Waals surface area contributed by atoms with Crippen molar-refractivity contribution >= 4 is 12.4 Å². The number of hydrogen-bond acceptors (Lipinski definition) is 5. The van der Waals surface area contributed by atoms with Gasteiger partial charge in [0.2, 0.25) is 0 Å². The first kappa shape index (κ1) is 17.2. The Morgan fingerprint density at radius 2 is 1.87 bits per heavy atom. The molecule has 1 unspecified atom stereocenters. The van der Waals surface area contributed by atoms with Crippen molar-refractivity contribution in [3.8, 4) is 23.0 Å².